The number of nitrogens with two attached hydrogens (primary N) is 1. The van der Waals surface area contributed by atoms with Gasteiger partial charge in [-0.2, -0.15) is 5.10 Å². The van der Waals surface area contributed by atoms with E-state index in [1.54, 1.807) is 30.3 Å². The van der Waals surface area contributed by atoms with Crippen molar-refractivity contribution in [2.45, 2.75) is 38.3 Å². The van der Waals surface area contributed by atoms with Gasteiger partial charge in [-0.15, -0.1) is 0 Å². The average molecular weight is 425 g/mol. The molecule has 1 aliphatic rings. The van der Waals surface area contributed by atoms with Crippen LogP contribution in [0.2, 0.25) is 0 Å². The van der Waals surface area contributed by atoms with Gasteiger partial charge in [0.1, 0.15) is 17.6 Å². The fraction of sp³-hybridized carbons (Fsp3) is 0.300. The first kappa shape index (κ1) is 21.7. The number of urea groups is 1. The molecule has 0 fully saturated rings. The van der Waals surface area contributed by atoms with Gasteiger partial charge in [-0.3, -0.25) is 19.0 Å². The summed E-state index contributed by atoms with van der Waals surface area (Å²) in [6.07, 6.45) is 4.03. The Labute approximate surface area is 177 Å². The van der Waals surface area contributed by atoms with Crippen molar-refractivity contribution < 1.29 is 14.4 Å². The molecule has 2 heterocycles. The lowest BCUT2D eigenvalue weighted by molar-refractivity contribution is -0.124. The fourth-order valence-corrected chi connectivity index (χ4v) is 3.24. The molecule has 1 aromatic carbocycles. The summed E-state index contributed by atoms with van der Waals surface area (Å²) in [5, 5.41) is 9.01. The number of nitrogens with one attached hydrogen (secondary N) is 3. The number of carbonyl (C=O) groups excluding carboxylic acids is 3. The van der Waals surface area contributed by atoms with E-state index in [0.717, 1.165) is 0 Å². The zero-order chi connectivity index (χ0) is 22.4. The number of carbonyl (C=O) groups is 3. The molecule has 0 saturated carbocycles. The molecule has 0 radical (unpaired) electrons. The van der Waals surface area contributed by atoms with Gasteiger partial charge in [0.15, 0.2) is 0 Å². The summed E-state index contributed by atoms with van der Waals surface area (Å²) >= 11 is 0. The Balaban J connectivity index is 1.77. The van der Waals surface area contributed by atoms with Gasteiger partial charge in [-0.25, -0.2) is 15.2 Å². The maximum absolute atomic E-state index is 13.0. The number of aryl methyl sites for hydroxylation is 1. The van der Waals surface area contributed by atoms with Crippen LogP contribution in [0.3, 0.4) is 0 Å². The molecule has 1 aliphatic heterocycles. The summed E-state index contributed by atoms with van der Waals surface area (Å²) in [5.74, 6) is -0.352. The molecule has 1 aromatic heterocycles. The molecule has 0 saturated heterocycles. The molecule has 2 aromatic rings. The predicted octanol–water partition coefficient (Wildman–Crippen LogP) is 0.532. The summed E-state index contributed by atoms with van der Waals surface area (Å²) in [7, 11) is 0. The quantitative estimate of drug-likeness (QED) is 0.375. The van der Waals surface area contributed by atoms with Crippen molar-refractivity contribution in [3.8, 4) is 0 Å². The van der Waals surface area contributed by atoms with Crippen LogP contribution < -0.4 is 27.4 Å². The highest BCUT2D eigenvalue weighted by Crippen LogP contribution is 2.23. The largest absolute Gasteiger partial charge is 0.350 e. The van der Waals surface area contributed by atoms with Gasteiger partial charge in [0.2, 0.25) is 5.91 Å². The summed E-state index contributed by atoms with van der Waals surface area (Å²) < 4.78 is 1.31. The minimum atomic E-state index is -0.815. The standard InChI is InChI=1S/C20H23N7O4/c1-2-13(10-23-26-20(21)31)24-18(29)15-8-9-16-22-11-14(19(30)27(15)16)25-17(28)12-6-4-3-5-7-12/h3-7,10-11,13,15H,2,8-9H2,1H3,(H,24,29)(H,25,28)(H3,21,26,31)/b23-10+. The lowest BCUT2D eigenvalue weighted by Crippen LogP contribution is -2.42. The number of hydrogen-bond donors (Lipinski definition) is 4. The minimum Gasteiger partial charge on any atom is -0.350 e. The molecule has 11 heteroatoms. The number of rotatable bonds is 7. The number of anilines is 1. The van der Waals surface area contributed by atoms with E-state index in [9.17, 15) is 19.2 Å². The highest BCUT2D eigenvalue weighted by molar-refractivity contribution is 6.04. The van der Waals surface area contributed by atoms with Crippen molar-refractivity contribution >= 4 is 29.7 Å². The van der Waals surface area contributed by atoms with Crippen molar-refractivity contribution in [3.63, 3.8) is 0 Å². The van der Waals surface area contributed by atoms with Crippen LogP contribution in [-0.2, 0) is 11.2 Å². The second kappa shape index (κ2) is 9.65. The van der Waals surface area contributed by atoms with Crippen molar-refractivity contribution in [2.24, 2.45) is 10.8 Å². The van der Waals surface area contributed by atoms with Gasteiger partial charge < -0.3 is 16.4 Å². The predicted molar refractivity (Wildman–Crippen MR) is 114 cm³/mol. The van der Waals surface area contributed by atoms with Crippen LogP contribution in [0, 0.1) is 0 Å². The Bertz CT molecular complexity index is 1060. The molecule has 0 aliphatic carbocycles. The first-order valence-corrected chi connectivity index (χ1v) is 9.76. The summed E-state index contributed by atoms with van der Waals surface area (Å²) in [6, 6.07) is 6.43. The first-order chi connectivity index (χ1) is 14.9. The zero-order valence-corrected chi connectivity index (χ0v) is 16.9. The third-order valence-electron chi connectivity index (χ3n) is 4.81. The van der Waals surface area contributed by atoms with Crippen LogP contribution in [0.5, 0.6) is 0 Å². The van der Waals surface area contributed by atoms with Crippen LogP contribution >= 0.6 is 0 Å². The molecule has 0 spiro atoms. The van der Waals surface area contributed by atoms with E-state index in [2.05, 4.69) is 26.1 Å². The summed E-state index contributed by atoms with van der Waals surface area (Å²) in [5.41, 5.74) is 6.92. The minimum absolute atomic E-state index is 0.00318. The smallest absolute Gasteiger partial charge is 0.332 e. The molecular formula is C20H23N7O4. The Morgan fingerprint density at radius 1 is 1.32 bits per heavy atom. The van der Waals surface area contributed by atoms with Crippen LogP contribution in [0.1, 0.15) is 42.0 Å². The van der Waals surface area contributed by atoms with E-state index in [0.29, 0.717) is 30.7 Å². The maximum Gasteiger partial charge on any atom is 0.332 e. The summed E-state index contributed by atoms with van der Waals surface area (Å²) in [6.45, 7) is 1.83. The van der Waals surface area contributed by atoms with Crippen LogP contribution in [0.25, 0.3) is 0 Å². The van der Waals surface area contributed by atoms with Crippen LogP contribution in [0.15, 0.2) is 46.4 Å². The third kappa shape index (κ3) is 5.13. The second-order valence-electron chi connectivity index (χ2n) is 6.92. The van der Waals surface area contributed by atoms with Crippen molar-refractivity contribution in [1.29, 1.82) is 0 Å². The molecular weight excluding hydrogens is 402 g/mol. The van der Waals surface area contributed by atoms with Crippen LogP contribution in [0.4, 0.5) is 10.5 Å². The Morgan fingerprint density at radius 2 is 2.06 bits per heavy atom. The SMILES string of the molecule is CCC(/C=N/NC(N)=O)NC(=O)C1CCc2ncc(NC(=O)c3ccccc3)c(=O)n21. The van der Waals surface area contributed by atoms with Gasteiger partial charge in [0.05, 0.1) is 12.2 Å². The number of hydrazone groups is 1. The van der Waals surface area contributed by atoms with Gasteiger partial charge in [-0.05, 0) is 25.0 Å². The molecule has 31 heavy (non-hydrogen) atoms. The Morgan fingerprint density at radius 3 is 2.74 bits per heavy atom. The molecule has 2 unspecified atom stereocenters. The molecule has 3 rings (SSSR count). The van der Waals surface area contributed by atoms with E-state index in [-0.39, 0.29) is 11.6 Å². The number of fused-ring (bicyclic) bond motifs is 1. The number of benzene rings is 1. The Kier molecular flexibility index (Phi) is 6.75. The van der Waals surface area contributed by atoms with Crippen LogP contribution in [-0.4, -0.2) is 39.7 Å². The molecule has 5 N–H and O–H groups in total. The number of nitrogens with zero attached hydrogens (tertiary/aromatic N) is 3. The van der Waals surface area contributed by atoms with E-state index >= 15 is 0 Å². The zero-order valence-electron chi connectivity index (χ0n) is 16.9. The molecule has 2 atom stereocenters. The van der Waals surface area contributed by atoms with Gasteiger partial charge in [0.25, 0.3) is 11.5 Å². The molecule has 0 bridgehead atoms. The number of primary amides is 1. The van der Waals surface area contributed by atoms with E-state index in [1.165, 1.54) is 17.0 Å². The van der Waals surface area contributed by atoms with E-state index < -0.39 is 29.6 Å². The van der Waals surface area contributed by atoms with Crippen molar-refractivity contribution in [2.75, 3.05) is 5.32 Å². The lowest BCUT2D eigenvalue weighted by atomic mass is 10.1. The number of aromatic nitrogens is 2. The normalized spacial score (nSPS) is 15.8. The van der Waals surface area contributed by atoms with Gasteiger partial charge >= 0.3 is 6.03 Å². The highest BCUT2D eigenvalue weighted by atomic mass is 16.2. The maximum atomic E-state index is 13.0. The highest BCUT2D eigenvalue weighted by Gasteiger charge is 2.32. The van der Waals surface area contributed by atoms with Crippen molar-refractivity contribution in [3.05, 3.63) is 58.3 Å². The number of hydrogen-bond acceptors (Lipinski definition) is 6. The average Bonchev–Trinajstić information content (AvgIpc) is 3.20. The molecule has 11 nitrogen and oxygen atoms in total. The summed E-state index contributed by atoms with van der Waals surface area (Å²) in [4.78, 5) is 53.2. The van der Waals surface area contributed by atoms with Gasteiger partial charge in [-0.1, -0.05) is 25.1 Å². The topological polar surface area (TPSA) is 161 Å². The molecule has 162 valence electrons. The third-order valence-corrected chi connectivity index (χ3v) is 4.81. The fourth-order valence-electron chi connectivity index (χ4n) is 3.24. The number of amides is 4. The monoisotopic (exact) mass is 425 g/mol. The second-order valence-corrected chi connectivity index (χ2v) is 6.92. The first-order valence-electron chi connectivity index (χ1n) is 9.76. The Hall–Kier alpha value is -4.02. The lowest BCUT2D eigenvalue weighted by Gasteiger charge is -2.18. The van der Waals surface area contributed by atoms with E-state index in [4.69, 9.17) is 5.73 Å². The van der Waals surface area contributed by atoms with Gasteiger partial charge in [0, 0.05) is 18.2 Å². The molecule has 4 amide bonds. The van der Waals surface area contributed by atoms with E-state index in [1.807, 2.05) is 6.92 Å². The van der Waals surface area contributed by atoms with Crippen molar-refractivity contribution in [1.82, 2.24) is 20.3 Å².